The number of benzene rings is 3. The third kappa shape index (κ3) is 4.14. The molecule has 0 unspecified atom stereocenters. The van der Waals surface area contributed by atoms with Crippen molar-refractivity contribution in [2.75, 3.05) is 31.1 Å². The molecule has 0 aliphatic carbocycles. The third-order valence-electron chi connectivity index (χ3n) is 5.44. The minimum atomic E-state index is -0.286. The molecule has 4 rings (SSSR count). The first-order valence-electron chi connectivity index (χ1n) is 9.90. The lowest BCUT2D eigenvalue weighted by atomic mass is 9.90. The molecule has 3 aromatic rings. The minimum absolute atomic E-state index is 0.146. The molecule has 0 saturated carbocycles. The summed E-state index contributed by atoms with van der Waals surface area (Å²) in [6.45, 7) is 2.87. The van der Waals surface area contributed by atoms with E-state index < -0.39 is 0 Å². The Hall–Kier alpha value is -3.58. The Labute approximate surface area is 171 Å². The van der Waals surface area contributed by atoms with Crippen molar-refractivity contribution in [3.8, 4) is 6.07 Å². The van der Waals surface area contributed by atoms with Crippen LogP contribution in [0.1, 0.15) is 22.6 Å². The van der Waals surface area contributed by atoms with E-state index in [1.54, 1.807) is 0 Å². The second-order valence-corrected chi connectivity index (χ2v) is 7.23. The van der Waals surface area contributed by atoms with Crippen LogP contribution in [0.5, 0.6) is 0 Å². The van der Waals surface area contributed by atoms with Crippen molar-refractivity contribution in [3.63, 3.8) is 0 Å². The van der Waals surface area contributed by atoms with Crippen LogP contribution < -0.4 is 4.90 Å². The number of hydrogen-bond acceptors (Lipinski definition) is 3. The molecule has 0 N–H and O–H groups in total. The van der Waals surface area contributed by atoms with Gasteiger partial charge in [-0.05, 0) is 29.3 Å². The van der Waals surface area contributed by atoms with Crippen molar-refractivity contribution in [1.82, 2.24) is 4.90 Å². The number of nitrogens with zero attached hydrogens (tertiary/aromatic N) is 3. The largest absolute Gasteiger partial charge is 0.368 e. The van der Waals surface area contributed by atoms with Gasteiger partial charge in [0.05, 0.1) is 17.6 Å². The Morgan fingerprint density at radius 1 is 0.793 bits per heavy atom. The molecule has 0 bridgehead atoms. The van der Waals surface area contributed by atoms with E-state index in [4.69, 9.17) is 5.26 Å². The lowest BCUT2D eigenvalue weighted by Crippen LogP contribution is -2.50. The normalized spacial score (nSPS) is 13.9. The van der Waals surface area contributed by atoms with E-state index in [0.717, 1.165) is 29.9 Å². The smallest absolute Gasteiger partial charge is 0.234 e. The molecule has 3 aromatic carbocycles. The quantitative estimate of drug-likeness (QED) is 0.685. The molecule has 1 aliphatic rings. The first kappa shape index (κ1) is 18.8. The molecule has 144 valence electrons. The van der Waals surface area contributed by atoms with Crippen LogP contribution in [0.2, 0.25) is 0 Å². The number of amides is 1. The van der Waals surface area contributed by atoms with Crippen LogP contribution in [-0.2, 0) is 4.79 Å². The van der Waals surface area contributed by atoms with E-state index in [9.17, 15) is 4.79 Å². The Bertz CT molecular complexity index is 963. The summed E-state index contributed by atoms with van der Waals surface area (Å²) in [7, 11) is 0. The van der Waals surface area contributed by atoms with Gasteiger partial charge in [0.2, 0.25) is 5.91 Å². The molecule has 0 aromatic heterocycles. The fourth-order valence-electron chi connectivity index (χ4n) is 3.91. The van der Waals surface area contributed by atoms with E-state index in [0.29, 0.717) is 18.7 Å². The summed E-state index contributed by atoms with van der Waals surface area (Å²) in [5.41, 5.74) is 3.74. The van der Waals surface area contributed by atoms with Crippen LogP contribution >= 0.6 is 0 Å². The van der Waals surface area contributed by atoms with Crippen molar-refractivity contribution >= 4 is 11.6 Å². The number of carbonyl (C=O) groups is 1. The van der Waals surface area contributed by atoms with Crippen LogP contribution in [0.4, 0.5) is 5.69 Å². The summed E-state index contributed by atoms with van der Waals surface area (Å²) in [6, 6.07) is 29.8. The Kier molecular flexibility index (Phi) is 5.58. The minimum Gasteiger partial charge on any atom is -0.368 e. The second-order valence-electron chi connectivity index (χ2n) is 7.23. The first-order valence-corrected chi connectivity index (χ1v) is 9.90. The third-order valence-corrected chi connectivity index (χ3v) is 5.44. The molecule has 0 radical (unpaired) electrons. The van der Waals surface area contributed by atoms with Gasteiger partial charge in [-0.25, -0.2) is 0 Å². The predicted octanol–water partition coefficient (Wildman–Crippen LogP) is 4.04. The molecule has 29 heavy (non-hydrogen) atoms. The van der Waals surface area contributed by atoms with E-state index in [1.165, 1.54) is 0 Å². The van der Waals surface area contributed by atoms with Crippen LogP contribution in [-0.4, -0.2) is 37.0 Å². The summed E-state index contributed by atoms with van der Waals surface area (Å²) in [5, 5.41) is 9.13. The molecule has 0 atom stereocenters. The maximum atomic E-state index is 13.5. The van der Waals surface area contributed by atoms with Gasteiger partial charge in [-0.2, -0.15) is 5.26 Å². The van der Waals surface area contributed by atoms with E-state index in [-0.39, 0.29) is 11.8 Å². The number of nitriles is 1. The summed E-state index contributed by atoms with van der Waals surface area (Å²) in [4.78, 5) is 17.7. The summed E-state index contributed by atoms with van der Waals surface area (Å²) in [5.74, 6) is -0.140. The fraction of sp³-hybridized carbons (Fsp3) is 0.200. The average molecular weight is 381 g/mol. The molecular formula is C25H23N3O. The monoisotopic (exact) mass is 381 g/mol. The molecular weight excluding hydrogens is 358 g/mol. The molecule has 0 spiro atoms. The molecule has 4 heteroatoms. The lowest BCUT2D eigenvalue weighted by molar-refractivity contribution is -0.132. The number of rotatable bonds is 4. The van der Waals surface area contributed by atoms with Gasteiger partial charge in [-0.3, -0.25) is 4.79 Å². The standard InChI is InChI=1S/C25H23N3O/c26-19-20-8-7-13-23(18-20)27-14-16-28(17-15-27)25(29)24(21-9-3-1-4-10-21)22-11-5-2-6-12-22/h1-13,18,24H,14-17H2. The predicted molar refractivity (Wildman–Crippen MR) is 115 cm³/mol. The van der Waals surface area contributed by atoms with Gasteiger partial charge >= 0.3 is 0 Å². The SMILES string of the molecule is N#Cc1cccc(N2CCN(C(=O)C(c3ccccc3)c3ccccc3)CC2)c1. The van der Waals surface area contributed by atoms with Gasteiger partial charge in [0.1, 0.15) is 0 Å². The zero-order valence-corrected chi connectivity index (χ0v) is 16.2. The maximum absolute atomic E-state index is 13.5. The highest BCUT2D eigenvalue weighted by Gasteiger charge is 2.29. The molecule has 1 heterocycles. The Morgan fingerprint density at radius 2 is 1.38 bits per heavy atom. The number of anilines is 1. The number of hydrogen-bond donors (Lipinski definition) is 0. The highest BCUT2D eigenvalue weighted by atomic mass is 16.2. The van der Waals surface area contributed by atoms with E-state index >= 15 is 0 Å². The van der Waals surface area contributed by atoms with Crippen molar-refractivity contribution in [2.24, 2.45) is 0 Å². The summed E-state index contributed by atoms with van der Waals surface area (Å²) >= 11 is 0. The fourth-order valence-corrected chi connectivity index (χ4v) is 3.91. The molecule has 1 amide bonds. The topological polar surface area (TPSA) is 47.3 Å². The highest BCUT2D eigenvalue weighted by molar-refractivity contribution is 5.87. The van der Waals surface area contributed by atoms with Crippen molar-refractivity contribution in [1.29, 1.82) is 5.26 Å². The maximum Gasteiger partial charge on any atom is 0.234 e. The van der Waals surface area contributed by atoms with E-state index in [1.807, 2.05) is 89.8 Å². The number of carbonyl (C=O) groups excluding carboxylic acids is 1. The molecule has 1 aliphatic heterocycles. The number of piperazine rings is 1. The van der Waals surface area contributed by atoms with Crippen molar-refractivity contribution < 1.29 is 4.79 Å². The zero-order chi connectivity index (χ0) is 20.1. The van der Waals surface area contributed by atoms with Gasteiger partial charge in [0, 0.05) is 31.9 Å². The van der Waals surface area contributed by atoms with Gasteiger partial charge in [-0.15, -0.1) is 0 Å². The summed E-state index contributed by atoms with van der Waals surface area (Å²) in [6.07, 6.45) is 0. The van der Waals surface area contributed by atoms with Gasteiger partial charge in [0.25, 0.3) is 0 Å². The van der Waals surface area contributed by atoms with Gasteiger partial charge in [0.15, 0.2) is 0 Å². The second kappa shape index (κ2) is 8.62. The Morgan fingerprint density at radius 3 is 1.93 bits per heavy atom. The molecule has 1 fully saturated rings. The molecule has 4 nitrogen and oxygen atoms in total. The van der Waals surface area contributed by atoms with Crippen LogP contribution in [0.25, 0.3) is 0 Å². The average Bonchev–Trinajstić information content (AvgIpc) is 2.81. The van der Waals surface area contributed by atoms with Crippen LogP contribution in [0, 0.1) is 11.3 Å². The van der Waals surface area contributed by atoms with Crippen LogP contribution in [0.3, 0.4) is 0 Å². The zero-order valence-electron chi connectivity index (χ0n) is 16.2. The first-order chi connectivity index (χ1) is 14.3. The van der Waals surface area contributed by atoms with Crippen molar-refractivity contribution in [2.45, 2.75) is 5.92 Å². The summed E-state index contributed by atoms with van der Waals surface area (Å²) < 4.78 is 0. The lowest BCUT2D eigenvalue weighted by Gasteiger charge is -2.37. The molecule has 1 saturated heterocycles. The Balaban J connectivity index is 1.52. The van der Waals surface area contributed by atoms with Crippen molar-refractivity contribution in [3.05, 3.63) is 102 Å². The van der Waals surface area contributed by atoms with Gasteiger partial charge in [-0.1, -0.05) is 66.7 Å². The highest BCUT2D eigenvalue weighted by Crippen LogP contribution is 2.28. The van der Waals surface area contributed by atoms with Crippen LogP contribution in [0.15, 0.2) is 84.9 Å². The van der Waals surface area contributed by atoms with E-state index in [2.05, 4.69) is 11.0 Å². The van der Waals surface area contributed by atoms with Gasteiger partial charge < -0.3 is 9.80 Å².